The van der Waals surface area contributed by atoms with Gasteiger partial charge in [0.2, 0.25) is 0 Å². The Labute approximate surface area is 318 Å². The average molecular weight is 870 g/mol. The van der Waals surface area contributed by atoms with Crippen molar-refractivity contribution in [3.05, 3.63) is 83.2 Å². The van der Waals surface area contributed by atoms with E-state index in [-0.39, 0.29) is 53.3 Å². The number of fused-ring (bicyclic) bond motifs is 4. The second-order valence-corrected chi connectivity index (χ2v) is 17.5. The molecule has 0 aliphatic carbocycles. The molecular formula is C44H57IrN2O2S-. The summed E-state index contributed by atoms with van der Waals surface area (Å²) in [7, 11) is 0. The van der Waals surface area contributed by atoms with Crippen LogP contribution in [0.15, 0.2) is 66.6 Å². The van der Waals surface area contributed by atoms with Gasteiger partial charge in [0.1, 0.15) is 5.76 Å². The molecule has 4 nitrogen and oxygen atoms in total. The summed E-state index contributed by atoms with van der Waals surface area (Å²) in [5, 5.41) is 16.0. The summed E-state index contributed by atoms with van der Waals surface area (Å²) in [6, 6.07) is 21.0. The maximum absolute atomic E-state index is 12.2. The van der Waals surface area contributed by atoms with Gasteiger partial charge in [-0.05, 0) is 54.0 Å². The molecule has 0 aliphatic heterocycles. The molecule has 1 radical (unpaired) electrons. The number of pyridine rings is 1. The fraction of sp³-hybridized carbons (Fsp3) is 0.477. The Bertz CT molecular complexity index is 1970. The first-order chi connectivity index (χ1) is 22.9. The molecule has 0 aliphatic rings. The fourth-order valence-corrected chi connectivity index (χ4v) is 7.37. The maximum Gasteiger partial charge on any atom is 0.164 e. The minimum Gasteiger partial charge on any atom is -0.512 e. The normalized spacial score (nSPS) is 12.9. The first kappa shape index (κ1) is 41.5. The van der Waals surface area contributed by atoms with E-state index in [9.17, 15) is 9.90 Å². The topological polar surface area (TPSA) is 63.1 Å². The van der Waals surface area contributed by atoms with Gasteiger partial charge in [-0.2, -0.15) is 0 Å². The van der Waals surface area contributed by atoms with Gasteiger partial charge < -0.3 is 5.11 Å². The van der Waals surface area contributed by atoms with Gasteiger partial charge in [0, 0.05) is 60.7 Å². The molecule has 0 saturated carbocycles. The van der Waals surface area contributed by atoms with Crippen LogP contribution in [0, 0.1) is 22.3 Å². The van der Waals surface area contributed by atoms with Crippen LogP contribution in [-0.2, 0) is 36.7 Å². The number of benzene rings is 3. The Balaban J connectivity index is 0.000000323. The van der Waals surface area contributed by atoms with Crippen molar-refractivity contribution in [1.29, 1.82) is 0 Å². The predicted octanol–water partition coefficient (Wildman–Crippen LogP) is 13.0. The van der Waals surface area contributed by atoms with Crippen LogP contribution in [0.2, 0.25) is 0 Å². The number of rotatable bonds is 9. The standard InChI is InChI=1S/C29H29N2S.C15H28O2.Ir/c1-28(2,3)17-24-31-27-23(32-24)12-11-18-13-14-30-26(25(18)27)20-15-19-9-7-8-10-21(19)22(16-20)29(4,5)6;1-7-14(5,8-2)12(16)11-13(17)15(6,9-3)10-4;/h7-14,16H,17H2,1-6H3;11,16H,7-10H2,1-6H3;/q-1;;/b;12-11-;. The average Bonchev–Trinajstić information content (AvgIpc) is 3.47. The zero-order valence-electron chi connectivity index (χ0n) is 32.3. The summed E-state index contributed by atoms with van der Waals surface area (Å²) in [6.45, 7) is 25.7. The number of carbonyl (C=O) groups is 1. The number of thiazole rings is 1. The van der Waals surface area contributed by atoms with Crippen LogP contribution in [0.1, 0.15) is 119 Å². The molecule has 1 N–H and O–H groups in total. The van der Waals surface area contributed by atoms with Crippen molar-refractivity contribution in [2.75, 3.05) is 0 Å². The molecule has 0 atom stereocenters. The van der Waals surface area contributed by atoms with E-state index in [1.54, 1.807) is 11.3 Å². The smallest absolute Gasteiger partial charge is 0.164 e. The van der Waals surface area contributed by atoms with Crippen LogP contribution in [0.3, 0.4) is 0 Å². The zero-order valence-corrected chi connectivity index (χ0v) is 35.5. The van der Waals surface area contributed by atoms with Crippen molar-refractivity contribution >= 4 is 48.9 Å². The van der Waals surface area contributed by atoms with E-state index in [2.05, 4.69) is 96.1 Å². The Morgan fingerprint density at radius 2 is 1.48 bits per heavy atom. The van der Waals surface area contributed by atoms with Gasteiger partial charge in [-0.25, -0.2) is 4.98 Å². The van der Waals surface area contributed by atoms with Crippen molar-refractivity contribution in [2.24, 2.45) is 16.2 Å². The monoisotopic (exact) mass is 870 g/mol. The first-order valence-electron chi connectivity index (χ1n) is 18.0. The van der Waals surface area contributed by atoms with Crippen LogP contribution >= 0.6 is 11.3 Å². The van der Waals surface area contributed by atoms with Gasteiger partial charge in [0.05, 0.1) is 15.2 Å². The number of hydrogen-bond acceptors (Lipinski definition) is 5. The molecule has 0 saturated heterocycles. The molecule has 0 fully saturated rings. The molecule has 50 heavy (non-hydrogen) atoms. The van der Waals surface area contributed by atoms with E-state index in [1.165, 1.54) is 32.1 Å². The second-order valence-electron chi connectivity index (χ2n) is 16.3. The molecule has 2 heterocycles. The van der Waals surface area contributed by atoms with E-state index in [4.69, 9.17) is 9.97 Å². The first-order valence-corrected chi connectivity index (χ1v) is 18.8. The van der Waals surface area contributed by atoms with Crippen molar-refractivity contribution < 1.29 is 30.0 Å². The van der Waals surface area contributed by atoms with Crippen LogP contribution in [0.25, 0.3) is 43.0 Å². The van der Waals surface area contributed by atoms with E-state index < -0.39 is 0 Å². The SMILES string of the molecule is CC(C)(C)Cc1nc2c(ccc3ccnc(-c4[c-]c5ccccc5c(C(C)(C)C)c4)c32)s1.CCC(C)(CC)C(=O)/C=C(\O)C(C)(CC)CC.[Ir]. The number of hydrogen-bond donors (Lipinski definition) is 1. The van der Waals surface area contributed by atoms with E-state index >= 15 is 0 Å². The Hall–Kier alpha value is -2.92. The van der Waals surface area contributed by atoms with E-state index in [0.717, 1.165) is 59.7 Å². The molecule has 5 aromatic rings. The summed E-state index contributed by atoms with van der Waals surface area (Å²) < 4.78 is 1.22. The Morgan fingerprint density at radius 3 is 2.06 bits per heavy atom. The van der Waals surface area contributed by atoms with Crippen LogP contribution in [0.4, 0.5) is 0 Å². The number of aliphatic hydroxyl groups excluding tert-OH is 1. The van der Waals surface area contributed by atoms with Gasteiger partial charge in [-0.3, -0.25) is 9.78 Å². The summed E-state index contributed by atoms with van der Waals surface area (Å²) in [6.07, 6.45) is 7.63. The van der Waals surface area contributed by atoms with Gasteiger partial charge in [0.25, 0.3) is 0 Å². The van der Waals surface area contributed by atoms with Crippen molar-refractivity contribution in [3.8, 4) is 11.3 Å². The molecule has 271 valence electrons. The van der Waals surface area contributed by atoms with Gasteiger partial charge in [-0.15, -0.1) is 40.5 Å². The van der Waals surface area contributed by atoms with Crippen LogP contribution in [-0.4, -0.2) is 20.9 Å². The van der Waals surface area contributed by atoms with Gasteiger partial charge in [0.15, 0.2) is 5.78 Å². The molecule has 2 aromatic heterocycles. The second kappa shape index (κ2) is 16.2. The number of allylic oxidation sites excluding steroid dienone is 2. The summed E-state index contributed by atoms with van der Waals surface area (Å²) in [4.78, 5) is 22.2. The summed E-state index contributed by atoms with van der Waals surface area (Å²) >= 11 is 1.80. The fourth-order valence-electron chi connectivity index (χ4n) is 6.10. The molecular weight excluding hydrogens is 813 g/mol. The Kier molecular flexibility index (Phi) is 13.4. The third-order valence-corrected chi connectivity index (χ3v) is 11.5. The molecule has 0 amide bonds. The molecule has 5 rings (SSSR count). The maximum atomic E-state index is 12.2. The number of carbonyl (C=O) groups excluding carboxylic acids is 1. The number of aliphatic hydroxyl groups is 1. The molecule has 0 bridgehead atoms. The molecule has 0 unspecified atom stereocenters. The van der Waals surface area contributed by atoms with Crippen LogP contribution in [0.5, 0.6) is 0 Å². The molecule has 6 heteroatoms. The number of ketones is 1. The van der Waals surface area contributed by atoms with Crippen molar-refractivity contribution in [3.63, 3.8) is 0 Å². The van der Waals surface area contributed by atoms with Gasteiger partial charge >= 0.3 is 0 Å². The van der Waals surface area contributed by atoms with E-state index in [0.29, 0.717) is 0 Å². The van der Waals surface area contributed by atoms with Crippen molar-refractivity contribution in [2.45, 2.75) is 121 Å². The summed E-state index contributed by atoms with van der Waals surface area (Å²) in [5.74, 6) is 0.286. The molecule has 3 aromatic carbocycles. The predicted molar refractivity (Wildman–Crippen MR) is 212 cm³/mol. The zero-order chi connectivity index (χ0) is 36.4. The third-order valence-electron chi connectivity index (χ3n) is 10.5. The van der Waals surface area contributed by atoms with Crippen LogP contribution < -0.4 is 0 Å². The van der Waals surface area contributed by atoms with Crippen molar-refractivity contribution in [1.82, 2.24) is 9.97 Å². The minimum absolute atomic E-state index is 0. The summed E-state index contributed by atoms with van der Waals surface area (Å²) in [5.41, 5.74) is 4.01. The Morgan fingerprint density at radius 1 is 0.860 bits per heavy atom. The third kappa shape index (κ3) is 9.11. The number of nitrogens with zero attached hydrogens (tertiary/aromatic N) is 2. The number of aromatic nitrogens is 2. The quantitative estimate of drug-likeness (QED) is 0.0911. The van der Waals surface area contributed by atoms with Gasteiger partial charge in [-0.1, -0.05) is 118 Å². The van der Waals surface area contributed by atoms with E-state index in [1.807, 2.05) is 47.7 Å². The minimum atomic E-state index is -0.337. The largest absolute Gasteiger partial charge is 0.512 e. The molecule has 0 spiro atoms.